The highest BCUT2D eigenvalue weighted by molar-refractivity contribution is 5.88. The molecule has 4 N–H and O–H groups in total. The molecule has 0 aromatic heterocycles. The lowest BCUT2D eigenvalue weighted by atomic mass is 9.82. The first-order valence-corrected chi connectivity index (χ1v) is 8.10. The zero-order valence-corrected chi connectivity index (χ0v) is 13.1. The summed E-state index contributed by atoms with van der Waals surface area (Å²) in [7, 11) is 0. The third kappa shape index (κ3) is 3.32. The molecule has 124 valence electrons. The number of carbonyl (C=O) groups excluding carboxylic acids is 2. The lowest BCUT2D eigenvalue weighted by Gasteiger charge is -2.44. The summed E-state index contributed by atoms with van der Waals surface area (Å²) < 4.78 is 0. The number of hydrogen-bond acceptors (Lipinski definition) is 3. The van der Waals surface area contributed by atoms with Gasteiger partial charge >= 0.3 is 6.03 Å². The molecular formula is C17H23N3O3. The SMILES string of the molecule is NC(=O)C1(O)CN(C(=O)NC2CCC(c3ccccc3)CC2)C1. The maximum absolute atomic E-state index is 12.1. The van der Waals surface area contributed by atoms with Crippen molar-refractivity contribution in [3.05, 3.63) is 35.9 Å². The number of hydrogen-bond donors (Lipinski definition) is 3. The van der Waals surface area contributed by atoms with Crippen LogP contribution in [0.2, 0.25) is 0 Å². The molecule has 1 aliphatic carbocycles. The number of likely N-dealkylation sites (tertiary alicyclic amines) is 1. The summed E-state index contributed by atoms with van der Waals surface area (Å²) in [6.07, 6.45) is 4.00. The topological polar surface area (TPSA) is 95.7 Å². The zero-order chi connectivity index (χ0) is 16.4. The summed E-state index contributed by atoms with van der Waals surface area (Å²) in [5.74, 6) is -0.210. The first-order chi connectivity index (χ1) is 11.0. The van der Waals surface area contributed by atoms with Gasteiger partial charge in [0.1, 0.15) is 0 Å². The normalized spacial score (nSPS) is 26.2. The summed E-state index contributed by atoms with van der Waals surface area (Å²) in [6.45, 7) is -0.0406. The molecule has 1 heterocycles. The van der Waals surface area contributed by atoms with Crippen molar-refractivity contribution in [2.24, 2.45) is 5.73 Å². The monoisotopic (exact) mass is 317 g/mol. The Labute approximate surface area is 135 Å². The third-order valence-electron chi connectivity index (χ3n) is 4.98. The van der Waals surface area contributed by atoms with E-state index in [1.165, 1.54) is 10.5 Å². The average Bonchev–Trinajstić information content (AvgIpc) is 2.53. The second-order valence-electron chi connectivity index (χ2n) is 6.66. The number of carbonyl (C=O) groups is 2. The molecular weight excluding hydrogens is 294 g/mol. The summed E-state index contributed by atoms with van der Waals surface area (Å²) >= 11 is 0. The number of nitrogens with two attached hydrogens (primary N) is 1. The van der Waals surface area contributed by atoms with Crippen LogP contribution in [0, 0.1) is 0 Å². The Morgan fingerprint density at radius 2 is 1.74 bits per heavy atom. The number of nitrogens with one attached hydrogen (secondary N) is 1. The van der Waals surface area contributed by atoms with Crippen molar-refractivity contribution in [2.75, 3.05) is 13.1 Å². The number of nitrogens with zero attached hydrogens (tertiary/aromatic N) is 1. The Morgan fingerprint density at radius 1 is 1.13 bits per heavy atom. The van der Waals surface area contributed by atoms with Crippen LogP contribution in [-0.2, 0) is 4.79 Å². The Bertz CT molecular complexity index is 576. The second-order valence-corrected chi connectivity index (χ2v) is 6.66. The van der Waals surface area contributed by atoms with Crippen molar-refractivity contribution < 1.29 is 14.7 Å². The second kappa shape index (κ2) is 6.20. The minimum atomic E-state index is -1.55. The lowest BCUT2D eigenvalue weighted by molar-refractivity contribution is -0.150. The highest BCUT2D eigenvalue weighted by Crippen LogP contribution is 2.33. The van der Waals surface area contributed by atoms with Crippen molar-refractivity contribution in [3.63, 3.8) is 0 Å². The molecule has 23 heavy (non-hydrogen) atoms. The van der Waals surface area contributed by atoms with E-state index in [9.17, 15) is 14.7 Å². The van der Waals surface area contributed by atoms with Crippen LogP contribution in [0.3, 0.4) is 0 Å². The molecule has 1 aromatic rings. The van der Waals surface area contributed by atoms with E-state index in [0.29, 0.717) is 5.92 Å². The van der Waals surface area contributed by atoms with Gasteiger partial charge in [0, 0.05) is 6.04 Å². The van der Waals surface area contributed by atoms with Gasteiger partial charge in [-0.2, -0.15) is 0 Å². The Kier molecular flexibility index (Phi) is 4.26. The van der Waals surface area contributed by atoms with Crippen molar-refractivity contribution in [1.82, 2.24) is 10.2 Å². The van der Waals surface area contributed by atoms with Gasteiger partial charge in [0.15, 0.2) is 5.60 Å². The number of benzene rings is 1. The number of β-amino-alcohol motifs (C(OH)–C–C–N with tert-alkyl or cyclic N) is 1. The van der Waals surface area contributed by atoms with Crippen LogP contribution in [0.25, 0.3) is 0 Å². The number of aliphatic hydroxyl groups is 1. The highest BCUT2D eigenvalue weighted by Gasteiger charge is 2.48. The smallest absolute Gasteiger partial charge is 0.317 e. The van der Waals surface area contributed by atoms with E-state index >= 15 is 0 Å². The van der Waals surface area contributed by atoms with Gasteiger partial charge in [0.25, 0.3) is 5.91 Å². The van der Waals surface area contributed by atoms with Crippen molar-refractivity contribution in [1.29, 1.82) is 0 Å². The number of amides is 3. The summed E-state index contributed by atoms with van der Waals surface area (Å²) in [6, 6.07) is 10.4. The summed E-state index contributed by atoms with van der Waals surface area (Å²) in [5, 5.41) is 12.8. The molecule has 0 spiro atoms. The number of rotatable bonds is 3. The molecule has 1 saturated carbocycles. The predicted octanol–water partition coefficient (Wildman–Crippen LogP) is 0.954. The quantitative estimate of drug-likeness (QED) is 0.774. The van der Waals surface area contributed by atoms with Gasteiger partial charge in [-0.25, -0.2) is 4.79 Å². The van der Waals surface area contributed by atoms with E-state index in [0.717, 1.165) is 25.7 Å². The maximum atomic E-state index is 12.1. The van der Waals surface area contributed by atoms with E-state index in [1.807, 2.05) is 6.07 Å². The molecule has 1 saturated heterocycles. The first-order valence-electron chi connectivity index (χ1n) is 8.10. The van der Waals surface area contributed by atoms with Crippen LogP contribution < -0.4 is 11.1 Å². The van der Waals surface area contributed by atoms with E-state index in [1.54, 1.807) is 0 Å². The Morgan fingerprint density at radius 3 is 2.30 bits per heavy atom. The van der Waals surface area contributed by atoms with Crippen LogP contribution in [0.15, 0.2) is 30.3 Å². The van der Waals surface area contributed by atoms with E-state index in [2.05, 4.69) is 29.6 Å². The minimum absolute atomic E-state index is 0.0203. The molecule has 3 rings (SSSR count). The standard InChI is InChI=1S/C17H23N3O3/c18-15(21)17(23)10-20(11-17)16(22)19-14-8-6-13(7-9-14)12-4-2-1-3-5-12/h1-5,13-14,23H,6-11H2,(H2,18,21)(H,19,22). The predicted molar refractivity (Wildman–Crippen MR) is 85.7 cm³/mol. The highest BCUT2D eigenvalue weighted by atomic mass is 16.3. The van der Waals surface area contributed by atoms with Gasteiger partial charge in [-0.1, -0.05) is 30.3 Å². The third-order valence-corrected chi connectivity index (χ3v) is 4.98. The van der Waals surface area contributed by atoms with Crippen LogP contribution in [0.4, 0.5) is 4.79 Å². The lowest BCUT2D eigenvalue weighted by Crippen LogP contribution is -2.70. The fourth-order valence-electron chi connectivity index (χ4n) is 3.45. The van der Waals surface area contributed by atoms with Crippen LogP contribution >= 0.6 is 0 Å². The molecule has 3 amide bonds. The van der Waals surface area contributed by atoms with Gasteiger partial charge in [0.2, 0.25) is 0 Å². The first kappa shape index (κ1) is 15.8. The molecule has 0 unspecified atom stereocenters. The summed E-state index contributed by atoms with van der Waals surface area (Å²) in [4.78, 5) is 24.6. The van der Waals surface area contributed by atoms with Gasteiger partial charge in [-0.3, -0.25) is 4.79 Å². The fourth-order valence-corrected chi connectivity index (χ4v) is 3.45. The van der Waals surface area contributed by atoms with Gasteiger partial charge in [-0.05, 0) is 37.2 Å². The number of urea groups is 1. The molecule has 0 bridgehead atoms. The van der Waals surface area contributed by atoms with Crippen LogP contribution in [0.5, 0.6) is 0 Å². The Hall–Kier alpha value is -2.08. The van der Waals surface area contributed by atoms with Crippen LogP contribution in [-0.4, -0.2) is 46.7 Å². The molecule has 6 heteroatoms. The van der Waals surface area contributed by atoms with E-state index in [-0.39, 0.29) is 25.2 Å². The van der Waals surface area contributed by atoms with Gasteiger partial charge in [-0.15, -0.1) is 0 Å². The van der Waals surface area contributed by atoms with E-state index in [4.69, 9.17) is 5.73 Å². The van der Waals surface area contributed by atoms with Crippen molar-refractivity contribution in [3.8, 4) is 0 Å². The van der Waals surface area contributed by atoms with Crippen LogP contribution in [0.1, 0.15) is 37.2 Å². The molecule has 1 aliphatic heterocycles. The Balaban J connectivity index is 1.45. The average molecular weight is 317 g/mol. The molecule has 0 radical (unpaired) electrons. The van der Waals surface area contributed by atoms with Gasteiger partial charge in [0.05, 0.1) is 13.1 Å². The minimum Gasteiger partial charge on any atom is -0.377 e. The van der Waals surface area contributed by atoms with Crippen molar-refractivity contribution >= 4 is 11.9 Å². The zero-order valence-electron chi connectivity index (χ0n) is 13.1. The number of primary amides is 1. The molecule has 1 aromatic carbocycles. The summed E-state index contributed by atoms with van der Waals surface area (Å²) in [5.41, 5.74) is 4.92. The van der Waals surface area contributed by atoms with E-state index < -0.39 is 11.5 Å². The molecule has 0 atom stereocenters. The molecule has 6 nitrogen and oxygen atoms in total. The van der Waals surface area contributed by atoms with Crippen molar-refractivity contribution in [2.45, 2.75) is 43.2 Å². The largest absolute Gasteiger partial charge is 0.377 e. The molecule has 2 fully saturated rings. The maximum Gasteiger partial charge on any atom is 0.317 e. The van der Waals surface area contributed by atoms with Gasteiger partial charge < -0.3 is 21.1 Å². The molecule has 2 aliphatic rings. The fraction of sp³-hybridized carbons (Fsp3) is 0.529.